The molecule has 0 saturated carbocycles. The molecule has 0 aliphatic carbocycles. The average molecular weight is 376 g/mol. The van der Waals surface area contributed by atoms with Gasteiger partial charge in [0.05, 0.1) is 21.4 Å². The largest absolute Gasteiger partial charge is 0.416 e. The van der Waals surface area contributed by atoms with E-state index in [1.165, 1.54) is 23.9 Å². The molecular weight excluding hydrogens is 361 g/mol. The number of fused-ring (bicyclic) bond motifs is 1. The molecule has 7 heteroatoms. The van der Waals surface area contributed by atoms with E-state index in [0.29, 0.717) is 5.03 Å². The molecule has 0 saturated heterocycles. The molecule has 0 fully saturated rings. The maximum absolute atomic E-state index is 12.8. The molecule has 1 amide bonds. The fourth-order valence-corrected chi connectivity index (χ4v) is 3.19. The Hall–Kier alpha value is -2.54. The van der Waals surface area contributed by atoms with E-state index in [4.69, 9.17) is 0 Å². The molecule has 3 nitrogen and oxygen atoms in total. The molecule has 1 atom stereocenters. The number of halogens is 3. The molecule has 134 valence electrons. The maximum Gasteiger partial charge on any atom is 0.416 e. The molecule has 0 radical (unpaired) electrons. The van der Waals surface area contributed by atoms with Crippen LogP contribution in [0.1, 0.15) is 12.5 Å². The summed E-state index contributed by atoms with van der Waals surface area (Å²) in [5, 5.41) is 3.68. The normalized spacial score (nSPS) is 12.8. The summed E-state index contributed by atoms with van der Waals surface area (Å²) in [5.41, 5.74) is 0.138. The van der Waals surface area contributed by atoms with Gasteiger partial charge in [-0.25, -0.2) is 4.98 Å². The SMILES string of the molecule is CC(Sc1ccc2ccccc2n1)C(=O)Nc1cccc(C(F)(F)F)c1. The van der Waals surface area contributed by atoms with E-state index in [1.54, 1.807) is 6.92 Å². The van der Waals surface area contributed by atoms with Gasteiger partial charge in [0.2, 0.25) is 5.91 Å². The highest BCUT2D eigenvalue weighted by molar-refractivity contribution is 8.00. The number of hydrogen-bond acceptors (Lipinski definition) is 3. The van der Waals surface area contributed by atoms with Gasteiger partial charge in [-0.05, 0) is 37.3 Å². The van der Waals surface area contributed by atoms with Crippen molar-refractivity contribution in [3.05, 3.63) is 66.2 Å². The Morgan fingerprint density at radius 1 is 1.08 bits per heavy atom. The first-order valence-electron chi connectivity index (χ1n) is 7.83. The lowest BCUT2D eigenvalue weighted by atomic mass is 10.2. The van der Waals surface area contributed by atoms with Gasteiger partial charge < -0.3 is 5.32 Å². The number of aromatic nitrogens is 1. The average Bonchev–Trinajstić information content (AvgIpc) is 2.61. The van der Waals surface area contributed by atoms with Crippen LogP contribution in [0.15, 0.2) is 65.7 Å². The zero-order valence-corrected chi connectivity index (χ0v) is 14.6. The lowest BCUT2D eigenvalue weighted by molar-refractivity contribution is -0.137. The molecule has 0 aliphatic rings. The van der Waals surface area contributed by atoms with Crippen LogP contribution in [-0.2, 0) is 11.0 Å². The lowest BCUT2D eigenvalue weighted by Gasteiger charge is -2.13. The van der Waals surface area contributed by atoms with Crippen molar-refractivity contribution in [2.45, 2.75) is 23.4 Å². The topological polar surface area (TPSA) is 42.0 Å². The van der Waals surface area contributed by atoms with Crippen LogP contribution in [-0.4, -0.2) is 16.1 Å². The molecule has 3 aromatic rings. The van der Waals surface area contributed by atoms with Crippen molar-refractivity contribution in [3.8, 4) is 0 Å². The molecule has 0 bridgehead atoms. The van der Waals surface area contributed by atoms with Gasteiger partial charge in [-0.2, -0.15) is 13.2 Å². The van der Waals surface area contributed by atoms with Crippen LogP contribution in [0.4, 0.5) is 18.9 Å². The summed E-state index contributed by atoms with van der Waals surface area (Å²) in [4.78, 5) is 16.8. The number of hydrogen-bond donors (Lipinski definition) is 1. The molecule has 1 heterocycles. The number of para-hydroxylation sites is 1. The second-order valence-electron chi connectivity index (χ2n) is 5.67. The zero-order valence-electron chi connectivity index (χ0n) is 13.7. The van der Waals surface area contributed by atoms with E-state index in [-0.39, 0.29) is 11.6 Å². The fourth-order valence-electron chi connectivity index (χ4n) is 2.36. The third-order valence-electron chi connectivity index (χ3n) is 3.70. The van der Waals surface area contributed by atoms with Crippen molar-refractivity contribution in [1.29, 1.82) is 0 Å². The number of carbonyl (C=O) groups is 1. The number of thioether (sulfide) groups is 1. The molecule has 1 N–H and O–H groups in total. The van der Waals surface area contributed by atoms with Gasteiger partial charge >= 0.3 is 6.18 Å². The Morgan fingerprint density at radius 2 is 1.85 bits per heavy atom. The summed E-state index contributed by atoms with van der Waals surface area (Å²) in [6, 6.07) is 15.9. The van der Waals surface area contributed by atoms with Crippen LogP contribution >= 0.6 is 11.8 Å². The Labute approximate surface area is 152 Å². The van der Waals surface area contributed by atoms with Crippen LogP contribution in [0.25, 0.3) is 10.9 Å². The van der Waals surface area contributed by atoms with Crippen molar-refractivity contribution < 1.29 is 18.0 Å². The van der Waals surface area contributed by atoms with Gasteiger partial charge in [0.1, 0.15) is 0 Å². The number of amides is 1. The number of nitrogens with one attached hydrogen (secondary N) is 1. The van der Waals surface area contributed by atoms with Gasteiger partial charge in [0.15, 0.2) is 0 Å². The smallest absolute Gasteiger partial charge is 0.325 e. The van der Waals surface area contributed by atoms with Crippen molar-refractivity contribution in [2.75, 3.05) is 5.32 Å². The van der Waals surface area contributed by atoms with Gasteiger partial charge in [-0.1, -0.05) is 42.1 Å². The zero-order chi connectivity index (χ0) is 18.7. The number of benzene rings is 2. The predicted octanol–water partition coefficient (Wildman–Crippen LogP) is 5.37. The number of rotatable bonds is 4. The van der Waals surface area contributed by atoms with Gasteiger partial charge in [0, 0.05) is 11.1 Å². The fraction of sp³-hybridized carbons (Fsp3) is 0.158. The Morgan fingerprint density at radius 3 is 2.62 bits per heavy atom. The summed E-state index contributed by atoms with van der Waals surface area (Å²) < 4.78 is 38.3. The number of nitrogens with zero attached hydrogens (tertiary/aromatic N) is 1. The number of carbonyl (C=O) groups excluding carboxylic acids is 1. The third kappa shape index (κ3) is 4.35. The second-order valence-corrected chi connectivity index (χ2v) is 7.03. The van der Waals surface area contributed by atoms with Crippen LogP contribution in [0.2, 0.25) is 0 Å². The monoisotopic (exact) mass is 376 g/mol. The van der Waals surface area contributed by atoms with Crippen LogP contribution < -0.4 is 5.32 Å². The van der Waals surface area contributed by atoms with Gasteiger partial charge in [-0.15, -0.1) is 0 Å². The molecule has 0 spiro atoms. The van der Waals surface area contributed by atoms with Gasteiger partial charge in [0.25, 0.3) is 0 Å². The summed E-state index contributed by atoms with van der Waals surface area (Å²) in [6.07, 6.45) is -4.45. The van der Waals surface area contributed by atoms with Crippen LogP contribution in [0, 0.1) is 0 Å². The maximum atomic E-state index is 12.8. The first-order chi connectivity index (χ1) is 12.3. The van der Waals surface area contributed by atoms with Crippen molar-refractivity contribution in [1.82, 2.24) is 4.98 Å². The quantitative estimate of drug-likeness (QED) is 0.622. The summed E-state index contributed by atoms with van der Waals surface area (Å²) in [5.74, 6) is -0.385. The summed E-state index contributed by atoms with van der Waals surface area (Å²) in [7, 11) is 0. The van der Waals surface area contributed by atoms with Crippen molar-refractivity contribution in [2.24, 2.45) is 0 Å². The molecule has 1 aromatic heterocycles. The third-order valence-corrected chi connectivity index (χ3v) is 4.73. The molecular formula is C19H15F3N2OS. The lowest BCUT2D eigenvalue weighted by Crippen LogP contribution is -2.22. The van der Waals surface area contributed by atoms with E-state index < -0.39 is 17.0 Å². The Balaban J connectivity index is 1.69. The molecule has 26 heavy (non-hydrogen) atoms. The van der Waals surface area contributed by atoms with E-state index >= 15 is 0 Å². The number of anilines is 1. The summed E-state index contributed by atoms with van der Waals surface area (Å²) in [6.45, 7) is 1.69. The highest BCUT2D eigenvalue weighted by Gasteiger charge is 2.30. The standard InChI is InChI=1S/C19H15F3N2OS/c1-12(26-17-10-9-13-5-2-3-8-16(13)24-17)18(25)23-15-7-4-6-14(11-15)19(20,21)22/h2-12H,1H3,(H,23,25). The first-order valence-corrected chi connectivity index (χ1v) is 8.71. The molecule has 2 aromatic carbocycles. The Bertz CT molecular complexity index is 943. The molecule has 0 aliphatic heterocycles. The van der Waals surface area contributed by atoms with Crippen LogP contribution in [0.3, 0.4) is 0 Å². The minimum Gasteiger partial charge on any atom is -0.325 e. The summed E-state index contributed by atoms with van der Waals surface area (Å²) >= 11 is 1.25. The predicted molar refractivity (Wildman–Crippen MR) is 97.1 cm³/mol. The van der Waals surface area contributed by atoms with E-state index in [9.17, 15) is 18.0 Å². The van der Waals surface area contributed by atoms with Crippen LogP contribution in [0.5, 0.6) is 0 Å². The molecule has 3 rings (SSSR count). The highest BCUT2D eigenvalue weighted by Crippen LogP contribution is 2.31. The second kappa shape index (κ2) is 7.37. The van der Waals surface area contributed by atoms with Crippen molar-refractivity contribution in [3.63, 3.8) is 0 Å². The minimum absolute atomic E-state index is 0.115. The van der Waals surface area contributed by atoms with E-state index in [2.05, 4.69) is 10.3 Å². The first kappa shape index (κ1) is 18.3. The highest BCUT2D eigenvalue weighted by atomic mass is 32.2. The number of alkyl halides is 3. The minimum atomic E-state index is -4.45. The number of pyridine rings is 1. The van der Waals surface area contributed by atoms with E-state index in [1.807, 2.05) is 36.4 Å². The van der Waals surface area contributed by atoms with Gasteiger partial charge in [-0.3, -0.25) is 4.79 Å². The van der Waals surface area contributed by atoms with E-state index in [0.717, 1.165) is 23.0 Å². The molecule has 1 unspecified atom stereocenters. The Kier molecular flexibility index (Phi) is 5.18. The van der Waals surface area contributed by atoms with Crippen molar-refractivity contribution >= 4 is 34.3 Å².